The molecular weight excluding hydrogens is 962 g/mol. The predicted molar refractivity (Wildman–Crippen MR) is 258 cm³/mol. The molecule has 11 aromatic rings. The van der Waals surface area contributed by atoms with Gasteiger partial charge in [-0.1, -0.05) is 177 Å². The Labute approximate surface area is 402 Å². The minimum absolute atomic E-state index is 0. The summed E-state index contributed by atoms with van der Waals surface area (Å²) in [5, 5.41) is 2.08. The van der Waals surface area contributed by atoms with E-state index in [1.54, 1.807) is 27.3 Å². The van der Waals surface area contributed by atoms with Gasteiger partial charge in [-0.3, -0.25) is 4.57 Å². The third kappa shape index (κ3) is 7.22. The standard InChI is InChI=1S/C58H43N5.Pt/c1-58(2,3)43-35-36-59-56(37-43)63-52-30-14-13-27-50(52)51-34-33-47(39-55(51)63)62(44-23-11-6-12-24-44)46-26-17-25-45(38-46)60-40-61(54-32-16-15-31-53(54)60)57-48(41-19-7-4-8-20-41)28-18-29-49(57)42-21-9-5-10-22-42;/h4-37H,1-3H3;/q-2;/i4D,5D,7D,8D,9D,10D,19D,20D,21D,22D;. The van der Waals surface area contributed by atoms with E-state index in [9.17, 15) is 0 Å². The van der Waals surface area contributed by atoms with E-state index >= 15 is 0 Å². The van der Waals surface area contributed by atoms with Crippen LogP contribution in [0.1, 0.15) is 40.0 Å². The van der Waals surface area contributed by atoms with Gasteiger partial charge < -0.3 is 14.0 Å². The minimum atomic E-state index is -0.569. The fraction of sp³-hybridized carbons (Fsp3) is 0.0690. The smallest absolute Gasteiger partial charge is 0.268 e. The van der Waals surface area contributed by atoms with E-state index in [1.807, 2.05) is 97.2 Å². The van der Waals surface area contributed by atoms with Crippen LogP contribution in [0.5, 0.6) is 0 Å². The van der Waals surface area contributed by atoms with E-state index in [0.717, 1.165) is 44.6 Å². The van der Waals surface area contributed by atoms with Crippen molar-refractivity contribution in [1.82, 2.24) is 14.1 Å². The quantitative estimate of drug-likeness (QED) is 0.112. The zero-order valence-corrected chi connectivity index (χ0v) is 37.2. The van der Waals surface area contributed by atoms with Gasteiger partial charge in [0.05, 0.1) is 30.4 Å². The second-order valence-corrected chi connectivity index (χ2v) is 16.2. The van der Waals surface area contributed by atoms with Crippen molar-refractivity contribution in [1.29, 1.82) is 0 Å². The summed E-state index contributed by atoms with van der Waals surface area (Å²) >= 11 is 0. The third-order valence-corrected chi connectivity index (χ3v) is 11.3. The molecule has 8 aromatic carbocycles. The summed E-state index contributed by atoms with van der Waals surface area (Å²) in [6, 6.07) is 46.8. The molecule has 0 spiro atoms. The van der Waals surface area contributed by atoms with E-state index < -0.39 is 60.4 Å². The summed E-state index contributed by atoms with van der Waals surface area (Å²) in [7, 11) is 0. The summed E-state index contributed by atoms with van der Waals surface area (Å²) in [6.45, 7) is 6.55. The molecular formula is C58H43N5Pt-2. The fourth-order valence-electron chi connectivity index (χ4n) is 8.31. The van der Waals surface area contributed by atoms with Crippen LogP contribution in [-0.4, -0.2) is 14.1 Å². The number of pyridine rings is 1. The molecule has 0 bridgehead atoms. The van der Waals surface area contributed by atoms with Gasteiger partial charge in [0, 0.05) is 38.5 Å². The van der Waals surface area contributed by atoms with Gasteiger partial charge in [-0.15, -0.1) is 23.6 Å². The van der Waals surface area contributed by atoms with Gasteiger partial charge in [-0.2, -0.15) is 24.3 Å². The van der Waals surface area contributed by atoms with Crippen LogP contribution >= 0.6 is 0 Å². The molecule has 3 aromatic heterocycles. The topological polar surface area (TPSA) is 29.9 Å². The van der Waals surface area contributed by atoms with Crippen molar-refractivity contribution in [2.24, 2.45) is 0 Å². The van der Waals surface area contributed by atoms with Crippen molar-refractivity contribution in [2.45, 2.75) is 26.2 Å². The summed E-state index contributed by atoms with van der Waals surface area (Å²) < 4.78 is 93.2. The normalized spacial score (nSPS) is 13.7. The Bertz CT molecular complexity index is 3910. The molecule has 0 aliphatic rings. The van der Waals surface area contributed by atoms with Crippen molar-refractivity contribution in [3.05, 3.63) is 230 Å². The van der Waals surface area contributed by atoms with Crippen LogP contribution in [0.2, 0.25) is 0 Å². The number of hydrogen-bond donors (Lipinski definition) is 0. The molecule has 11 rings (SSSR count). The fourth-order valence-corrected chi connectivity index (χ4v) is 8.31. The first kappa shape index (κ1) is 30.7. The van der Waals surface area contributed by atoms with Gasteiger partial charge in [-0.05, 0) is 74.6 Å². The van der Waals surface area contributed by atoms with Crippen LogP contribution < -0.4 is 9.47 Å². The zero-order valence-electron chi connectivity index (χ0n) is 44.9. The second-order valence-electron chi connectivity index (χ2n) is 16.2. The van der Waals surface area contributed by atoms with E-state index in [4.69, 9.17) is 18.7 Å². The number of anilines is 3. The Morgan fingerprint density at radius 3 is 1.97 bits per heavy atom. The largest absolute Gasteiger partial charge is 0.359 e. The van der Waals surface area contributed by atoms with Crippen molar-refractivity contribution in [3.8, 4) is 39.4 Å². The summed E-state index contributed by atoms with van der Waals surface area (Å²) in [4.78, 5) is 6.97. The van der Waals surface area contributed by atoms with Crippen LogP contribution in [-0.2, 0) is 26.5 Å². The SMILES string of the molecule is [2H]c1c([2H])c([2H])c(-c2cccc(-c3c([2H])c([2H])c([2H])c([2H])c3[2H])c2-[n+]2[c-]n(-c3[c-]c(N(c4[c-]c5c(cc4)c4ccccc4n5-c4cc(C(C)(C)C)ccn4)c4ccccc4)ccc3)c3ccccc32)c([2H])c1[2H].[Pt]. The molecule has 6 heteroatoms. The maximum atomic E-state index is 9.08. The number of benzene rings is 8. The van der Waals surface area contributed by atoms with Crippen molar-refractivity contribution in [3.63, 3.8) is 0 Å². The van der Waals surface area contributed by atoms with Crippen molar-refractivity contribution >= 4 is 49.9 Å². The Balaban J connectivity index is 0.00000626. The molecule has 3 heterocycles. The van der Waals surface area contributed by atoms with E-state index in [0.29, 0.717) is 22.4 Å². The Morgan fingerprint density at radius 2 is 1.25 bits per heavy atom. The van der Waals surface area contributed by atoms with Gasteiger partial charge in [0.2, 0.25) is 0 Å². The molecule has 0 saturated carbocycles. The van der Waals surface area contributed by atoms with Crippen molar-refractivity contribution < 1.29 is 39.3 Å². The Hall–Kier alpha value is -7.33. The average Bonchev–Trinajstić information content (AvgIpc) is 3.95. The molecule has 0 N–H and O–H groups in total. The predicted octanol–water partition coefficient (Wildman–Crippen LogP) is 13.9. The Morgan fingerprint density at radius 1 is 0.609 bits per heavy atom. The van der Waals surface area contributed by atoms with E-state index in [-0.39, 0.29) is 54.4 Å². The van der Waals surface area contributed by atoms with Gasteiger partial charge in [-0.25, -0.2) is 4.98 Å². The molecule has 0 aliphatic heterocycles. The molecule has 0 radical (unpaired) electrons. The molecule has 312 valence electrons. The molecule has 64 heavy (non-hydrogen) atoms. The molecule has 5 nitrogen and oxygen atoms in total. The van der Waals surface area contributed by atoms with Crippen LogP contribution in [0.15, 0.2) is 206 Å². The number of nitrogens with zero attached hydrogens (tertiary/aromatic N) is 5. The first-order valence-corrected chi connectivity index (χ1v) is 20.6. The maximum Gasteiger partial charge on any atom is 0.268 e. The molecule has 0 unspecified atom stereocenters. The van der Waals surface area contributed by atoms with Crippen LogP contribution in [0.3, 0.4) is 0 Å². The van der Waals surface area contributed by atoms with Gasteiger partial charge in [0.1, 0.15) is 5.82 Å². The average molecular weight is 1020 g/mol. The van der Waals surface area contributed by atoms with Gasteiger partial charge in [0.25, 0.3) is 6.33 Å². The minimum Gasteiger partial charge on any atom is -0.359 e. The number of imidazole rings is 1. The second kappa shape index (κ2) is 16.7. The molecule has 0 amide bonds. The van der Waals surface area contributed by atoms with Gasteiger partial charge in [0.15, 0.2) is 0 Å². The zero-order chi connectivity index (χ0) is 51.2. The molecule has 0 atom stereocenters. The van der Waals surface area contributed by atoms with Crippen LogP contribution in [0, 0.1) is 18.5 Å². The first-order chi connectivity index (χ1) is 35.0. The maximum absolute atomic E-state index is 9.08. The number of rotatable bonds is 8. The summed E-state index contributed by atoms with van der Waals surface area (Å²) in [5.41, 5.74) is 7.05. The Kier molecular flexibility index (Phi) is 8.03. The number of para-hydroxylation sites is 5. The molecule has 0 saturated heterocycles. The molecule has 0 aliphatic carbocycles. The number of hydrogen-bond acceptors (Lipinski definition) is 2. The summed E-state index contributed by atoms with van der Waals surface area (Å²) in [5.74, 6) is 0.776. The van der Waals surface area contributed by atoms with Crippen molar-refractivity contribution in [2.75, 3.05) is 4.90 Å². The molecule has 0 fully saturated rings. The van der Waals surface area contributed by atoms with Crippen LogP contribution in [0.25, 0.3) is 72.3 Å². The monoisotopic (exact) mass is 1010 g/mol. The number of aromatic nitrogens is 4. The number of fused-ring (bicyclic) bond motifs is 4. The van der Waals surface area contributed by atoms with E-state index in [2.05, 4.69) is 79.0 Å². The first-order valence-electron chi connectivity index (χ1n) is 25.6. The van der Waals surface area contributed by atoms with E-state index in [1.165, 1.54) is 0 Å². The third-order valence-electron chi connectivity index (χ3n) is 11.3. The van der Waals surface area contributed by atoms with Gasteiger partial charge >= 0.3 is 0 Å². The summed E-state index contributed by atoms with van der Waals surface area (Å²) in [6.07, 6.45) is 5.34. The van der Waals surface area contributed by atoms with Crippen LogP contribution in [0.4, 0.5) is 17.1 Å².